The van der Waals surface area contributed by atoms with Crippen LogP contribution in [0.4, 0.5) is 4.39 Å². The van der Waals surface area contributed by atoms with E-state index < -0.39 is 6.17 Å². The van der Waals surface area contributed by atoms with Gasteiger partial charge in [-0.3, -0.25) is 9.59 Å². The monoisotopic (exact) mass is 456 g/mol. The number of ether oxygens (including phenoxy) is 1. The lowest BCUT2D eigenvalue weighted by atomic mass is 10.0. The Morgan fingerprint density at radius 3 is 1.91 bits per heavy atom. The van der Waals surface area contributed by atoms with E-state index >= 15 is 0 Å². The smallest absolute Gasteiger partial charge is 0.259 e. The predicted octanol–water partition coefficient (Wildman–Crippen LogP) is 5.27. The first-order valence-corrected chi connectivity index (χ1v) is 11.5. The number of likely N-dealkylation sites (N-methyl/N-ethyl adjacent to an activating group) is 1. The topological polar surface area (TPSA) is 49.9 Å². The van der Waals surface area contributed by atoms with E-state index in [1.807, 2.05) is 48.5 Å². The number of hydrogen-bond donors (Lipinski definition) is 0. The van der Waals surface area contributed by atoms with Crippen molar-refractivity contribution in [1.29, 1.82) is 0 Å². The Balaban J connectivity index is 0.000000234. The van der Waals surface area contributed by atoms with Gasteiger partial charge in [0.2, 0.25) is 0 Å². The van der Waals surface area contributed by atoms with Gasteiger partial charge < -0.3 is 14.5 Å². The van der Waals surface area contributed by atoms with Gasteiger partial charge in [-0.25, -0.2) is 4.39 Å². The molecule has 0 spiro atoms. The quantitative estimate of drug-likeness (QED) is 0.595. The number of halogens is 1. The maximum atomic E-state index is 13.0. The van der Waals surface area contributed by atoms with Crippen molar-refractivity contribution in [2.75, 3.05) is 33.8 Å². The molecule has 1 aliphatic rings. The summed E-state index contributed by atoms with van der Waals surface area (Å²) in [4.78, 5) is 26.4. The number of benzene rings is 2. The summed E-state index contributed by atoms with van der Waals surface area (Å²) in [5, 5.41) is 0. The number of hydrogen-bond acceptors (Lipinski definition) is 3. The first-order chi connectivity index (χ1) is 15.6. The standard InChI is InChI=1S/C14H18FNO.C13H19NO2/c1-10(2)11-3-5-12(6-4-11)14(17)16-8-7-13(15)9-16;1-10(2)11-5-7-12(8-6-11)16-9-13(15)14(3)4/h3-6,10,13H,7-9H2,1-2H3;5-8,10H,9H2,1-4H3. The second kappa shape index (κ2) is 12.4. The van der Waals surface area contributed by atoms with Gasteiger partial charge >= 0.3 is 0 Å². The molecule has 180 valence electrons. The minimum absolute atomic E-state index is 0.0343. The molecule has 1 fully saturated rings. The first-order valence-electron chi connectivity index (χ1n) is 11.5. The van der Waals surface area contributed by atoms with Gasteiger partial charge in [-0.15, -0.1) is 0 Å². The van der Waals surface area contributed by atoms with Crippen molar-refractivity contribution in [3.8, 4) is 5.75 Å². The number of nitrogens with zero attached hydrogens (tertiary/aromatic N) is 2. The number of alkyl halides is 1. The molecule has 3 rings (SSSR count). The van der Waals surface area contributed by atoms with Crippen molar-refractivity contribution < 1.29 is 18.7 Å². The Morgan fingerprint density at radius 1 is 0.970 bits per heavy atom. The molecule has 0 aromatic heterocycles. The van der Waals surface area contributed by atoms with Gasteiger partial charge in [0.1, 0.15) is 11.9 Å². The van der Waals surface area contributed by atoms with Crippen LogP contribution in [-0.2, 0) is 4.79 Å². The third kappa shape index (κ3) is 8.19. The third-order valence-corrected chi connectivity index (χ3v) is 5.65. The average molecular weight is 457 g/mol. The summed E-state index contributed by atoms with van der Waals surface area (Å²) in [6.07, 6.45) is -0.385. The fourth-order valence-corrected chi connectivity index (χ4v) is 3.32. The molecule has 1 aliphatic heterocycles. The summed E-state index contributed by atoms with van der Waals surface area (Å²) >= 11 is 0. The van der Waals surface area contributed by atoms with E-state index in [0.29, 0.717) is 30.4 Å². The van der Waals surface area contributed by atoms with Crippen LogP contribution < -0.4 is 4.74 Å². The first kappa shape index (κ1) is 26.4. The SMILES string of the molecule is CC(C)c1ccc(C(=O)N2CCC(F)C2)cc1.CC(C)c1ccc(OCC(=O)N(C)C)cc1. The molecule has 0 N–H and O–H groups in total. The second-order valence-corrected chi connectivity index (χ2v) is 9.21. The Hall–Kier alpha value is -2.89. The van der Waals surface area contributed by atoms with Crippen LogP contribution in [-0.4, -0.2) is 61.6 Å². The maximum absolute atomic E-state index is 13.0. The van der Waals surface area contributed by atoms with Crippen LogP contribution in [0.3, 0.4) is 0 Å². The molecule has 1 saturated heterocycles. The molecule has 1 atom stereocenters. The third-order valence-electron chi connectivity index (χ3n) is 5.65. The van der Waals surface area contributed by atoms with E-state index in [1.54, 1.807) is 19.0 Å². The van der Waals surface area contributed by atoms with Crippen LogP contribution in [0, 0.1) is 0 Å². The van der Waals surface area contributed by atoms with Gasteiger partial charge in [-0.2, -0.15) is 0 Å². The molecule has 0 radical (unpaired) electrons. The van der Waals surface area contributed by atoms with Crippen molar-refractivity contribution >= 4 is 11.8 Å². The van der Waals surface area contributed by atoms with Crippen molar-refractivity contribution in [1.82, 2.24) is 9.80 Å². The van der Waals surface area contributed by atoms with Crippen LogP contribution in [0.15, 0.2) is 48.5 Å². The number of rotatable bonds is 6. The summed E-state index contributed by atoms with van der Waals surface area (Å²) in [6, 6.07) is 15.5. The van der Waals surface area contributed by atoms with E-state index in [9.17, 15) is 14.0 Å². The molecule has 0 bridgehead atoms. The molecule has 1 heterocycles. The van der Waals surface area contributed by atoms with Crippen molar-refractivity contribution in [3.05, 3.63) is 65.2 Å². The van der Waals surface area contributed by atoms with E-state index in [1.165, 1.54) is 16.0 Å². The number of amides is 2. The predicted molar refractivity (Wildman–Crippen MR) is 131 cm³/mol. The van der Waals surface area contributed by atoms with Crippen molar-refractivity contribution in [2.45, 2.75) is 52.1 Å². The number of likely N-dealkylation sites (tertiary alicyclic amines) is 1. The molecule has 33 heavy (non-hydrogen) atoms. The molecule has 2 amide bonds. The molecular formula is C27H37FN2O3. The largest absolute Gasteiger partial charge is 0.484 e. The second-order valence-electron chi connectivity index (χ2n) is 9.21. The van der Waals surface area contributed by atoms with Gasteiger partial charge in [0.05, 0.1) is 6.54 Å². The minimum atomic E-state index is -0.853. The lowest BCUT2D eigenvalue weighted by Gasteiger charge is -2.15. The lowest BCUT2D eigenvalue weighted by Crippen LogP contribution is -2.28. The van der Waals surface area contributed by atoms with Gasteiger partial charge in [0.25, 0.3) is 11.8 Å². The van der Waals surface area contributed by atoms with E-state index in [-0.39, 0.29) is 25.0 Å². The molecule has 2 aromatic rings. The number of carbonyl (C=O) groups is 2. The molecule has 1 unspecified atom stereocenters. The van der Waals surface area contributed by atoms with Crippen LogP contribution in [0.2, 0.25) is 0 Å². The highest BCUT2D eigenvalue weighted by Crippen LogP contribution is 2.19. The summed E-state index contributed by atoms with van der Waals surface area (Å²) in [5.41, 5.74) is 3.14. The van der Waals surface area contributed by atoms with E-state index in [0.717, 1.165) is 5.75 Å². The van der Waals surface area contributed by atoms with E-state index in [2.05, 4.69) is 27.7 Å². The van der Waals surface area contributed by atoms with Gasteiger partial charge in [-0.1, -0.05) is 52.0 Å². The zero-order valence-corrected chi connectivity index (χ0v) is 20.7. The van der Waals surface area contributed by atoms with Gasteiger partial charge in [-0.05, 0) is 53.6 Å². The Labute approximate surface area is 197 Å². The zero-order valence-electron chi connectivity index (χ0n) is 20.7. The molecule has 0 aliphatic carbocycles. The zero-order chi connectivity index (χ0) is 24.5. The van der Waals surface area contributed by atoms with Crippen molar-refractivity contribution in [2.24, 2.45) is 0 Å². The molecule has 6 heteroatoms. The van der Waals surface area contributed by atoms with Crippen LogP contribution >= 0.6 is 0 Å². The highest BCUT2D eigenvalue weighted by Gasteiger charge is 2.26. The molecular weight excluding hydrogens is 419 g/mol. The highest BCUT2D eigenvalue weighted by molar-refractivity contribution is 5.94. The Morgan fingerprint density at radius 2 is 1.48 bits per heavy atom. The minimum Gasteiger partial charge on any atom is -0.484 e. The van der Waals surface area contributed by atoms with Crippen LogP contribution in [0.1, 0.15) is 67.4 Å². The molecule has 2 aromatic carbocycles. The fraction of sp³-hybridized carbons (Fsp3) is 0.481. The number of carbonyl (C=O) groups excluding carboxylic acids is 2. The molecule has 5 nitrogen and oxygen atoms in total. The fourth-order valence-electron chi connectivity index (χ4n) is 3.32. The summed E-state index contributed by atoms with van der Waals surface area (Å²) in [5.74, 6) is 1.62. The Kier molecular flexibility index (Phi) is 9.89. The maximum Gasteiger partial charge on any atom is 0.259 e. The summed E-state index contributed by atoms with van der Waals surface area (Å²) in [6.45, 7) is 9.39. The van der Waals surface area contributed by atoms with Crippen LogP contribution in [0.25, 0.3) is 0 Å². The van der Waals surface area contributed by atoms with Crippen LogP contribution in [0.5, 0.6) is 5.75 Å². The summed E-state index contributed by atoms with van der Waals surface area (Å²) < 4.78 is 18.4. The average Bonchev–Trinajstić information content (AvgIpc) is 3.23. The highest BCUT2D eigenvalue weighted by atomic mass is 19.1. The summed E-state index contributed by atoms with van der Waals surface area (Å²) in [7, 11) is 3.43. The van der Waals surface area contributed by atoms with Gasteiger partial charge in [0.15, 0.2) is 6.61 Å². The normalized spacial score (nSPS) is 15.3. The molecule has 0 saturated carbocycles. The van der Waals surface area contributed by atoms with Gasteiger partial charge in [0, 0.05) is 26.2 Å². The van der Waals surface area contributed by atoms with E-state index in [4.69, 9.17) is 4.74 Å². The Bertz CT molecular complexity index is 893. The van der Waals surface area contributed by atoms with Crippen molar-refractivity contribution in [3.63, 3.8) is 0 Å². The lowest BCUT2D eigenvalue weighted by molar-refractivity contribution is -0.130.